The van der Waals surface area contributed by atoms with Crippen LogP contribution in [0.2, 0.25) is 5.02 Å². The Labute approximate surface area is 154 Å². The molecule has 0 fully saturated rings. The number of fused-ring (bicyclic) bond motifs is 1. The number of nitrogens with one attached hydrogen (secondary N) is 2. The van der Waals surface area contributed by atoms with Gasteiger partial charge in [-0.05, 0) is 42.8 Å². The fraction of sp³-hybridized carbons (Fsp3) is 0.105. The third kappa shape index (κ3) is 3.19. The van der Waals surface area contributed by atoms with Crippen LogP contribution < -0.4 is 5.32 Å². The Morgan fingerprint density at radius 1 is 1.19 bits per heavy atom. The maximum absolute atomic E-state index is 12.4. The number of aromatic amines is 1. The summed E-state index contributed by atoms with van der Waals surface area (Å²) in [5.74, 6) is 0.226. The van der Waals surface area contributed by atoms with Crippen molar-refractivity contribution < 1.29 is 9.32 Å². The molecule has 0 saturated heterocycles. The summed E-state index contributed by atoms with van der Waals surface area (Å²) in [5, 5.41) is 15.3. The number of carbonyl (C=O) groups is 1. The van der Waals surface area contributed by atoms with E-state index in [2.05, 4.69) is 20.7 Å². The minimum Gasteiger partial charge on any atom is -0.355 e. The molecule has 2 aromatic carbocycles. The summed E-state index contributed by atoms with van der Waals surface area (Å²) in [6, 6.07) is 14.5. The number of rotatable bonds is 4. The quantitative estimate of drug-likeness (QED) is 0.562. The molecular weight excluding hydrogens is 352 g/mol. The number of halogens is 1. The van der Waals surface area contributed by atoms with Crippen molar-refractivity contribution in [2.24, 2.45) is 0 Å². The van der Waals surface area contributed by atoms with Crippen LogP contribution in [0.4, 0.5) is 0 Å². The van der Waals surface area contributed by atoms with E-state index in [0.29, 0.717) is 10.8 Å². The molecular formula is C19H15ClN4O2. The average molecular weight is 367 g/mol. The maximum atomic E-state index is 12.4. The van der Waals surface area contributed by atoms with Crippen molar-refractivity contribution in [2.75, 3.05) is 0 Å². The Morgan fingerprint density at radius 2 is 2.00 bits per heavy atom. The molecule has 4 rings (SSSR count). The minimum absolute atomic E-state index is 0.179. The number of benzene rings is 2. The molecule has 0 aliphatic heterocycles. The standard InChI is InChI=1S/C19H15ClN4O2/c1-11(12-2-5-15(20)6-3-12)22-19(25)17-9-18(26-24-17)13-4-7-16-14(8-13)10-21-23-16/h2-11H,1H3,(H,21,23)(H,22,25). The number of amides is 1. The Kier molecular flexibility index (Phi) is 4.18. The normalized spacial score (nSPS) is 12.2. The molecule has 4 aromatic rings. The molecule has 0 spiro atoms. The van der Waals surface area contributed by atoms with E-state index in [4.69, 9.17) is 16.1 Å². The monoisotopic (exact) mass is 366 g/mol. The highest BCUT2D eigenvalue weighted by Gasteiger charge is 2.17. The third-order valence-corrected chi connectivity index (χ3v) is 4.44. The highest BCUT2D eigenvalue weighted by atomic mass is 35.5. The minimum atomic E-state index is -0.299. The molecule has 0 aliphatic rings. The number of hydrogen-bond donors (Lipinski definition) is 2. The molecule has 7 heteroatoms. The molecule has 0 aliphatic carbocycles. The highest BCUT2D eigenvalue weighted by Crippen LogP contribution is 2.24. The van der Waals surface area contributed by atoms with Gasteiger partial charge in [0.2, 0.25) is 0 Å². The lowest BCUT2D eigenvalue weighted by atomic mass is 10.1. The van der Waals surface area contributed by atoms with Crippen LogP contribution >= 0.6 is 11.6 Å². The van der Waals surface area contributed by atoms with Gasteiger partial charge in [0.25, 0.3) is 5.91 Å². The van der Waals surface area contributed by atoms with Crippen LogP contribution in [0.5, 0.6) is 0 Å². The van der Waals surface area contributed by atoms with E-state index in [1.807, 2.05) is 37.3 Å². The van der Waals surface area contributed by atoms with Crippen molar-refractivity contribution in [3.63, 3.8) is 0 Å². The molecule has 130 valence electrons. The van der Waals surface area contributed by atoms with E-state index in [1.165, 1.54) is 0 Å². The van der Waals surface area contributed by atoms with Gasteiger partial charge in [0.15, 0.2) is 11.5 Å². The van der Waals surface area contributed by atoms with Crippen LogP contribution in [-0.4, -0.2) is 21.3 Å². The van der Waals surface area contributed by atoms with Gasteiger partial charge in [0.05, 0.1) is 17.8 Å². The Morgan fingerprint density at radius 3 is 2.81 bits per heavy atom. The van der Waals surface area contributed by atoms with Crippen LogP contribution in [-0.2, 0) is 0 Å². The summed E-state index contributed by atoms with van der Waals surface area (Å²) in [4.78, 5) is 12.4. The van der Waals surface area contributed by atoms with Crippen molar-refractivity contribution >= 4 is 28.4 Å². The average Bonchev–Trinajstić information content (AvgIpc) is 3.31. The number of H-pyrrole nitrogens is 1. The molecule has 6 nitrogen and oxygen atoms in total. The van der Waals surface area contributed by atoms with Crippen molar-refractivity contribution in [2.45, 2.75) is 13.0 Å². The summed E-state index contributed by atoms with van der Waals surface area (Å²) in [6.07, 6.45) is 1.73. The van der Waals surface area contributed by atoms with Gasteiger partial charge in [-0.25, -0.2) is 0 Å². The van der Waals surface area contributed by atoms with Crippen LogP contribution in [0.3, 0.4) is 0 Å². The predicted molar refractivity (Wildman–Crippen MR) is 98.9 cm³/mol. The third-order valence-electron chi connectivity index (χ3n) is 4.19. The summed E-state index contributed by atoms with van der Waals surface area (Å²) in [5.41, 5.74) is 2.95. The van der Waals surface area contributed by atoms with Gasteiger partial charge in [-0.15, -0.1) is 0 Å². The topological polar surface area (TPSA) is 83.8 Å². The molecule has 26 heavy (non-hydrogen) atoms. The van der Waals surface area contributed by atoms with Gasteiger partial charge in [-0.1, -0.05) is 28.9 Å². The van der Waals surface area contributed by atoms with E-state index in [-0.39, 0.29) is 17.6 Å². The molecule has 1 amide bonds. The van der Waals surface area contributed by atoms with Gasteiger partial charge in [-0.2, -0.15) is 5.10 Å². The smallest absolute Gasteiger partial charge is 0.273 e. The summed E-state index contributed by atoms with van der Waals surface area (Å²) in [7, 11) is 0. The van der Waals surface area contributed by atoms with Gasteiger partial charge < -0.3 is 9.84 Å². The van der Waals surface area contributed by atoms with E-state index >= 15 is 0 Å². The lowest BCUT2D eigenvalue weighted by Gasteiger charge is -2.13. The first-order valence-corrected chi connectivity index (χ1v) is 8.44. The first-order chi connectivity index (χ1) is 12.6. The number of carbonyl (C=O) groups excluding carboxylic acids is 1. The Bertz CT molecular complexity index is 1070. The fourth-order valence-corrected chi connectivity index (χ4v) is 2.85. The van der Waals surface area contributed by atoms with Crippen molar-refractivity contribution in [3.05, 3.63) is 71.0 Å². The van der Waals surface area contributed by atoms with Crippen molar-refractivity contribution in [3.8, 4) is 11.3 Å². The molecule has 2 aromatic heterocycles. The Hall–Kier alpha value is -3.12. The lowest BCUT2D eigenvalue weighted by Crippen LogP contribution is -2.26. The summed E-state index contributed by atoms with van der Waals surface area (Å²) >= 11 is 5.89. The van der Waals surface area contributed by atoms with E-state index in [0.717, 1.165) is 22.0 Å². The van der Waals surface area contributed by atoms with Crippen LogP contribution in [0.1, 0.15) is 29.0 Å². The second-order valence-electron chi connectivity index (χ2n) is 6.00. The molecule has 1 unspecified atom stereocenters. The SMILES string of the molecule is CC(NC(=O)c1cc(-c2ccc3[nH]ncc3c2)on1)c1ccc(Cl)cc1. The Balaban J connectivity index is 1.51. The molecule has 1 atom stereocenters. The molecule has 0 radical (unpaired) electrons. The second kappa shape index (κ2) is 6.65. The molecule has 0 saturated carbocycles. The van der Waals surface area contributed by atoms with Crippen molar-refractivity contribution in [1.29, 1.82) is 0 Å². The molecule has 2 heterocycles. The molecule has 0 bridgehead atoms. The maximum Gasteiger partial charge on any atom is 0.273 e. The van der Waals surface area contributed by atoms with Gasteiger partial charge in [0, 0.05) is 22.0 Å². The largest absolute Gasteiger partial charge is 0.355 e. The predicted octanol–water partition coefficient (Wildman–Crippen LogP) is 4.36. The van der Waals surface area contributed by atoms with Gasteiger partial charge in [-0.3, -0.25) is 9.89 Å². The van der Waals surface area contributed by atoms with E-state index in [1.54, 1.807) is 24.4 Å². The van der Waals surface area contributed by atoms with Gasteiger partial charge in [0.1, 0.15) is 0 Å². The summed E-state index contributed by atoms with van der Waals surface area (Å²) in [6.45, 7) is 1.90. The number of hydrogen-bond acceptors (Lipinski definition) is 4. The summed E-state index contributed by atoms with van der Waals surface area (Å²) < 4.78 is 5.34. The zero-order valence-electron chi connectivity index (χ0n) is 13.9. The second-order valence-corrected chi connectivity index (χ2v) is 6.43. The fourth-order valence-electron chi connectivity index (χ4n) is 2.72. The van der Waals surface area contributed by atoms with E-state index < -0.39 is 0 Å². The van der Waals surface area contributed by atoms with Crippen LogP contribution in [0.15, 0.2) is 59.3 Å². The van der Waals surface area contributed by atoms with E-state index in [9.17, 15) is 4.79 Å². The number of nitrogens with zero attached hydrogens (tertiary/aromatic N) is 2. The highest BCUT2D eigenvalue weighted by molar-refractivity contribution is 6.30. The van der Waals surface area contributed by atoms with Crippen LogP contribution in [0.25, 0.3) is 22.2 Å². The van der Waals surface area contributed by atoms with Gasteiger partial charge >= 0.3 is 0 Å². The first-order valence-electron chi connectivity index (χ1n) is 8.07. The zero-order chi connectivity index (χ0) is 18.1. The number of aromatic nitrogens is 3. The van der Waals surface area contributed by atoms with Crippen molar-refractivity contribution in [1.82, 2.24) is 20.7 Å². The lowest BCUT2D eigenvalue weighted by molar-refractivity contribution is 0.0931. The van der Waals surface area contributed by atoms with Crippen LogP contribution in [0, 0.1) is 0 Å². The first kappa shape index (κ1) is 16.4. The molecule has 2 N–H and O–H groups in total. The zero-order valence-corrected chi connectivity index (χ0v) is 14.6.